The van der Waals surface area contributed by atoms with Crippen LogP contribution in [0.2, 0.25) is 0 Å². The number of benzene rings is 2. The SMILES string of the molecule is CCCCCCNc1nnnc(-c2nc3ccccc3o2)c1CCc1ccccc1. The summed E-state index contributed by atoms with van der Waals surface area (Å²) in [7, 11) is 0. The second kappa shape index (κ2) is 9.96. The van der Waals surface area contributed by atoms with Crippen LogP contribution in [0.15, 0.2) is 59.0 Å². The third kappa shape index (κ3) is 4.82. The van der Waals surface area contributed by atoms with Crippen LogP contribution in [-0.4, -0.2) is 26.9 Å². The van der Waals surface area contributed by atoms with Crippen LogP contribution < -0.4 is 5.32 Å². The standard InChI is InChI=1S/C24H27N5O/c1-2-3-4-10-17-25-23-19(16-15-18-11-6-5-7-12-18)22(27-29-28-23)24-26-20-13-8-9-14-21(20)30-24/h5-9,11-14H,2-4,10,15-17H2,1H3,(H,25,27,28). The maximum Gasteiger partial charge on any atom is 0.248 e. The Balaban J connectivity index is 1.62. The van der Waals surface area contributed by atoms with Crippen molar-refractivity contribution in [2.75, 3.05) is 11.9 Å². The minimum absolute atomic E-state index is 0.489. The van der Waals surface area contributed by atoms with Gasteiger partial charge in [0.15, 0.2) is 17.1 Å². The molecule has 0 saturated carbocycles. The minimum atomic E-state index is 0.489. The number of hydrogen-bond acceptors (Lipinski definition) is 6. The van der Waals surface area contributed by atoms with Crippen molar-refractivity contribution in [1.82, 2.24) is 20.4 Å². The fourth-order valence-electron chi connectivity index (χ4n) is 3.54. The molecule has 0 aliphatic carbocycles. The number of oxazole rings is 1. The molecule has 30 heavy (non-hydrogen) atoms. The first-order chi connectivity index (χ1) is 14.8. The Bertz CT molecular complexity index is 1040. The van der Waals surface area contributed by atoms with Crippen molar-refractivity contribution in [3.8, 4) is 11.6 Å². The fourth-order valence-corrected chi connectivity index (χ4v) is 3.54. The molecular formula is C24H27N5O. The van der Waals surface area contributed by atoms with E-state index in [-0.39, 0.29) is 0 Å². The summed E-state index contributed by atoms with van der Waals surface area (Å²) in [5.41, 5.74) is 4.49. The van der Waals surface area contributed by atoms with Gasteiger partial charge in [0.1, 0.15) is 5.52 Å². The molecule has 0 spiro atoms. The molecule has 0 saturated heterocycles. The second-order valence-electron chi connectivity index (χ2n) is 7.42. The molecule has 154 valence electrons. The van der Waals surface area contributed by atoms with Crippen molar-refractivity contribution < 1.29 is 4.42 Å². The number of para-hydroxylation sites is 2. The lowest BCUT2D eigenvalue weighted by molar-refractivity contribution is 0.611. The normalized spacial score (nSPS) is 11.1. The molecule has 0 amide bonds. The highest BCUT2D eigenvalue weighted by molar-refractivity contribution is 5.76. The predicted octanol–water partition coefficient (Wildman–Crippen LogP) is 5.46. The van der Waals surface area contributed by atoms with Gasteiger partial charge in [0.05, 0.1) is 0 Å². The lowest BCUT2D eigenvalue weighted by Gasteiger charge is -2.12. The quantitative estimate of drug-likeness (QED) is 0.356. The van der Waals surface area contributed by atoms with E-state index in [1.807, 2.05) is 30.3 Å². The lowest BCUT2D eigenvalue weighted by Crippen LogP contribution is -2.11. The van der Waals surface area contributed by atoms with Gasteiger partial charge >= 0.3 is 0 Å². The number of rotatable bonds is 10. The van der Waals surface area contributed by atoms with Crippen LogP contribution in [0.1, 0.15) is 43.7 Å². The van der Waals surface area contributed by atoms with Crippen LogP contribution >= 0.6 is 0 Å². The fraction of sp³-hybridized carbons (Fsp3) is 0.333. The van der Waals surface area contributed by atoms with Crippen LogP contribution in [0.5, 0.6) is 0 Å². The number of unbranched alkanes of at least 4 members (excludes halogenated alkanes) is 3. The molecule has 0 aliphatic rings. The molecule has 0 fully saturated rings. The number of nitrogens with zero attached hydrogens (tertiary/aromatic N) is 4. The van der Waals surface area contributed by atoms with Crippen LogP contribution in [0.4, 0.5) is 5.82 Å². The summed E-state index contributed by atoms with van der Waals surface area (Å²) in [6, 6.07) is 18.2. The lowest BCUT2D eigenvalue weighted by atomic mass is 10.0. The molecule has 6 nitrogen and oxygen atoms in total. The highest BCUT2D eigenvalue weighted by Crippen LogP contribution is 2.29. The average Bonchev–Trinajstić information content (AvgIpc) is 3.22. The molecule has 2 aromatic heterocycles. The first-order valence-electron chi connectivity index (χ1n) is 10.7. The highest BCUT2D eigenvalue weighted by Gasteiger charge is 2.19. The molecular weight excluding hydrogens is 374 g/mol. The molecule has 0 aliphatic heterocycles. The summed E-state index contributed by atoms with van der Waals surface area (Å²) in [5.74, 6) is 1.26. The minimum Gasteiger partial charge on any atom is -0.435 e. The second-order valence-corrected chi connectivity index (χ2v) is 7.42. The predicted molar refractivity (Wildman–Crippen MR) is 119 cm³/mol. The van der Waals surface area contributed by atoms with E-state index in [2.05, 4.69) is 56.9 Å². The number of nitrogens with one attached hydrogen (secondary N) is 1. The molecule has 1 N–H and O–H groups in total. The third-order valence-corrected chi connectivity index (χ3v) is 5.19. The van der Waals surface area contributed by atoms with Crippen LogP contribution in [0.25, 0.3) is 22.7 Å². The third-order valence-electron chi connectivity index (χ3n) is 5.19. The molecule has 4 aromatic rings. The Kier molecular flexibility index (Phi) is 6.65. The van der Waals surface area contributed by atoms with Crippen molar-refractivity contribution in [3.05, 3.63) is 65.7 Å². The van der Waals surface area contributed by atoms with E-state index in [1.165, 1.54) is 24.8 Å². The molecule has 2 heterocycles. The maximum absolute atomic E-state index is 5.99. The highest BCUT2D eigenvalue weighted by atomic mass is 16.3. The van der Waals surface area contributed by atoms with Gasteiger partial charge in [0, 0.05) is 12.1 Å². The van der Waals surface area contributed by atoms with Gasteiger partial charge in [-0.15, -0.1) is 10.2 Å². The van der Waals surface area contributed by atoms with Gasteiger partial charge in [-0.05, 0) is 42.2 Å². The molecule has 0 unspecified atom stereocenters. The zero-order valence-electron chi connectivity index (χ0n) is 17.3. The van der Waals surface area contributed by atoms with Gasteiger partial charge in [0.25, 0.3) is 0 Å². The molecule has 0 radical (unpaired) electrons. The Morgan fingerprint density at radius 2 is 1.70 bits per heavy atom. The van der Waals surface area contributed by atoms with Gasteiger partial charge in [-0.25, -0.2) is 4.98 Å². The monoisotopic (exact) mass is 401 g/mol. The van der Waals surface area contributed by atoms with E-state index in [0.717, 1.165) is 48.3 Å². The molecule has 4 rings (SSSR count). The summed E-state index contributed by atoms with van der Waals surface area (Å²) in [6.07, 6.45) is 6.44. The molecule has 0 atom stereocenters. The van der Waals surface area contributed by atoms with E-state index in [0.29, 0.717) is 11.6 Å². The largest absolute Gasteiger partial charge is 0.435 e. The topological polar surface area (TPSA) is 76.7 Å². The zero-order chi connectivity index (χ0) is 20.6. The van der Waals surface area contributed by atoms with Crippen LogP contribution in [-0.2, 0) is 12.8 Å². The van der Waals surface area contributed by atoms with Crippen molar-refractivity contribution in [3.63, 3.8) is 0 Å². The first kappa shape index (κ1) is 20.0. The summed E-state index contributed by atoms with van der Waals surface area (Å²) in [6.45, 7) is 3.08. The summed E-state index contributed by atoms with van der Waals surface area (Å²) in [5, 5.41) is 16.1. The Labute approximate surface area is 176 Å². The van der Waals surface area contributed by atoms with Gasteiger partial charge in [-0.2, -0.15) is 0 Å². The van der Waals surface area contributed by atoms with Gasteiger partial charge < -0.3 is 9.73 Å². The Hall–Kier alpha value is -3.28. The van der Waals surface area contributed by atoms with E-state index in [4.69, 9.17) is 4.42 Å². The number of aryl methyl sites for hydroxylation is 1. The summed E-state index contributed by atoms with van der Waals surface area (Å²) >= 11 is 0. The maximum atomic E-state index is 5.99. The van der Waals surface area contributed by atoms with Crippen molar-refractivity contribution in [2.45, 2.75) is 45.4 Å². The zero-order valence-corrected chi connectivity index (χ0v) is 17.3. The van der Waals surface area contributed by atoms with Crippen LogP contribution in [0.3, 0.4) is 0 Å². The van der Waals surface area contributed by atoms with Crippen molar-refractivity contribution in [1.29, 1.82) is 0 Å². The molecule has 2 aromatic carbocycles. The average molecular weight is 402 g/mol. The van der Waals surface area contributed by atoms with Crippen molar-refractivity contribution >= 4 is 16.9 Å². The Morgan fingerprint density at radius 1 is 0.867 bits per heavy atom. The van der Waals surface area contributed by atoms with Gasteiger partial charge in [-0.3, -0.25) is 0 Å². The van der Waals surface area contributed by atoms with Crippen LogP contribution in [0, 0.1) is 0 Å². The van der Waals surface area contributed by atoms with E-state index in [1.54, 1.807) is 0 Å². The summed E-state index contributed by atoms with van der Waals surface area (Å²) in [4.78, 5) is 4.64. The Morgan fingerprint density at radius 3 is 2.53 bits per heavy atom. The number of aromatic nitrogens is 4. The number of anilines is 1. The molecule has 6 heteroatoms. The van der Waals surface area contributed by atoms with E-state index in [9.17, 15) is 0 Å². The first-order valence-corrected chi connectivity index (χ1v) is 10.7. The van der Waals surface area contributed by atoms with E-state index >= 15 is 0 Å². The van der Waals surface area contributed by atoms with Crippen molar-refractivity contribution in [2.24, 2.45) is 0 Å². The summed E-state index contributed by atoms with van der Waals surface area (Å²) < 4.78 is 5.99. The number of hydrogen-bond donors (Lipinski definition) is 1. The smallest absolute Gasteiger partial charge is 0.248 e. The van der Waals surface area contributed by atoms with Gasteiger partial charge in [-0.1, -0.05) is 68.7 Å². The van der Waals surface area contributed by atoms with Gasteiger partial charge in [0.2, 0.25) is 5.89 Å². The number of fused-ring (bicyclic) bond motifs is 1. The molecule has 0 bridgehead atoms. The van der Waals surface area contributed by atoms with E-state index < -0.39 is 0 Å².